The number of carbonyl (C=O) groups excluding carboxylic acids is 1. The summed E-state index contributed by atoms with van der Waals surface area (Å²) in [7, 11) is 0. The maximum Gasteiger partial charge on any atom is 0.266 e. The SMILES string of the molecule is Cc1nc(-c2ncccn2)sc1C(=O)N1CCOC[C@@H]1C. The Kier molecular flexibility index (Phi) is 3.94. The maximum atomic E-state index is 12.7. The number of hydrogen-bond donors (Lipinski definition) is 0. The van der Waals surface area contributed by atoms with Crippen molar-refractivity contribution in [3.8, 4) is 10.8 Å². The molecule has 2 aromatic rings. The molecule has 0 bridgehead atoms. The Morgan fingerprint density at radius 2 is 2.19 bits per heavy atom. The van der Waals surface area contributed by atoms with Crippen LogP contribution in [0.3, 0.4) is 0 Å². The van der Waals surface area contributed by atoms with Crippen LogP contribution in [0.5, 0.6) is 0 Å². The smallest absolute Gasteiger partial charge is 0.266 e. The summed E-state index contributed by atoms with van der Waals surface area (Å²) in [6.45, 7) is 5.63. The van der Waals surface area contributed by atoms with Crippen molar-refractivity contribution in [3.05, 3.63) is 29.0 Å². The molecule has 0 aliphatic carbocycles. The summed E-state index contributed by atoms with van der Waals surface area (Å²) in [5, 5.41) is 0.678. The Labute approximate surface area is 126 Å². The lowest BCUT2D eigenvalue weighted by Gasteiger charge is -2.33. The lowest BCUT2D eigenvalue weighted by molar-refractivity contribution is 0.00381. The monoisotopic (exact) mass is 304 g/mol. The molecule has 7 heteroatoms. The van der Waals surface area contributed by atoms with E-state index in [1.807, 2.05) is 18.7 Å². The molecule has 1 amide bonds. The van der Waals surface area contributed by atoms with Gasteiger partial charge >= 0.3 is 0 Å². The molecule has 0 unspecified atom stereocenters. The molecule has 6 nitrogen and oxygen atoms in total. The normalized spacial score (nSPS) is 18.8. The molecule has 1 fully saturated rings. The predicted molar refractivity (Wildman–Crippen MR) is 79.2 cm³/mol. The first-order valence-electron chi connectivity index (χ1n) is 6.80. The quantitative estimate of drug-likeness (QED) is 0.846. The zero-order chi connectivity index (χ0) is 14.8. The van der Waals surface area contributed by atoms with E-state index in [0.29, 0.717) is 35.5 Å². The summed E-state index contributed by atoms with van der Waals surface area (Å²) in [6.07, 6.45) is 3.34. The van der Waals surface area contributed by atoms with Gasteiger partial charge in [0.15, 0.2) is 10.8 Å². The highest BCUT2D eigenvalue weighted by atomic mass is 32.1. The zero-order valence-corrected chi connectivity index (χ0v) is 12.8. The first-order chi connectivity index (χ1) is 10.2. The molecular weight excluding hydrogens is 288 g/mol. The average Bonchev–Trinajstić information content (AvgIpc) is 2.90. The lowest BCUT2D eigenvalue weighted by Crippen LogP contribution is -2.47. The van der Waals surface area contributed by atoms with E-state index in [9.17, 15) is 4.79 Å². The molecule has 110 valence electrons. The molecule has 21 heavy (non-hydrogen) atoms. The van der Waals surface area contributed by atoms with Crippen LogP contribution in [0.1, 0.15) is 22.3 Å². The molecule has 1 aliphatic heterocycles. The first-order valence-corrected chi connectivity index (χ1v) is 7.62. The topological polar surface area (TPSA) is 68.2 Å². The minimum absolute atomic E-state index is 0.0166. The molecular formula is C14H16N4O2S. The maximum absolute atomic E-state index is 12.7. The van der Waals surface area contributed by atoms with Crippen molar-refractivity contribution in [1.82, 2.24) is 19.9 Å². The Hall–Kier alpha value is -1.86. The van der Waals surface area contributed by atoms with Crippen LogP contribution in [0.25, 0.3) is 10.8 Å². The summed E-state index contributed by atoms with van der Waals surface area (Å²) in [4.78, 5) is 28.0. The Morgan fingerprint density at radius 1 is 1.43 bits per heavy atom. The molecule has 1 saturated heterocycles. The van der Waals surface area contributed by atoms with Crippen LogP contribution in [-0.2, 0) is 4.74 Å². The van der Waals surface area contributed by atoms with Crippen LogP contribution in [0.15, 0.2) is 18.5 Å². The van der Waals surface area contributed by atoms with Gasteiger partial charge in [-0.05, 0) is 19.9 Å². The number of ether oxygens (including phenoxy) is 1. The van der Waals surface area contributed by atoms with Gasteiger partial charge in [0.1, 0.15) is 4.88 Å². The molecule has 0 N–H and O–H groups in total. The Bertz CT molecular complexity index is 644. The molecule has 2 aromatic heterocycles. The molecule has 1 aliphatic rings. The van der Waals surface area contributed by atoms with Gasteiger partial charge in [-0.2, -0.15) is 0 Å². The molecule has 0 spiro atoms. The van der Waals surface area contributed by atoms with Crippen LogP contribution in [0.2, 0.25) is 0 Å². The summed E-state index contributed by atoms with van der Waals surface area (Å²) >= 11 is 1.35. The number of aryl methyl sites for hydroxylation is 1. The fraction of sp³-hybridized carbons (Fsp3) is 0.429. The third-order valence-corrected chi connectivity index (χ3v) is 4.52. The summed E-state index contributed by atoms with van der Waals surface area (Å²) in [6, 6.07) is 1.84. The molecule has 1 atom stereocenters. The highest BCUT2D eigenvalue weighted by Crippen LogP contribution is 2.27. The zero-order valence-electron chi connectivity index (χ0n) is 11.9. The van der Waals surface area contributed by atoms with E-state index < -0.39 is 0 Å². The molecule has 3 heterocycles. The fourth-order valence-corrected chi connectivity index (χ4v) is 3.23. The standard InChI is InChI=1S/C14H16N4O2S/c1-9-8-20-7-6-18(9)14(19)11-10(2)17-13(21-11)12-15-4-3-5-16-12/h3-5,9H,6-8H2,1-2H3/t9-/m0/s1. The van der Waals surface area contributed by atoms with Crippen molar-refractivity contribution < 1.29 is 9.53 Å². The van der Waals surface area contributed by atoms with Crippen LogP contribution >= 0.6 is 11.3 Å². The van der Waals surface area contributed by atoms with E-state index in [2.05, 4.69) is 15.0 Å². The van der Waals surface area contributed by atoms with Gasteiger partial charge in [-0.1, -0.05) is 0 Å². The first kappa shape index (κ1) is 14.1. The van der Waals surface area contributed by atoms with Gasteiger partial charge in [-0.15, -0.1) is 11.3 Å². The van der Waals surface area contributed by atoms with Crippen molar-refractivity contribution >= 4 is 17.2 Å². The van der Waals surface area contributed by atoms with Crippen molar-refractivity contribution in [3.63, 3.8) is 0 Å². The van der Waals surface area contributed by atoms with Crippen LogP contribution < -0.4 is 0 Å². The molecule has 0 saturated carbocycles. The number of amides is 1. The van der Waals surface area contributed by atoms with Crippen LogP contribution in [-0.4, -0.2) is 51.6 Å². The van der Waals surface area contributed by atoms with Gasteiger partial charge in [-0.25, -0.2) is 15.0 Å². The van der Waals surface area contributed by atoms with Gasteiger partial charge in [0.2, 0.25) is 0 Å². The highest BCUT2D eigenvalue weighted by molar-refractivity contribution is 7.17. The number of nitrogens with zero attached hydrogens (tertiary/aromatic N) is 4. The van der Waals surface area contributed by atoms with Gasteiger partial charge in [0.25, 0.3) is 5.91 Å². The van der Waals surface area contributed by atoms with Crippen LogP contribution in [0, 0.1) is 6.92 Å². The number of morpholine rings is 1. The minimum atomic E-state index is 0.0166. The third-order valence-electron chi connectivity index (χ3n) is 3.38. The second-order valence-corrected chi connectivity index (χ2v) is 5.93. The number of carbonyl (C=O) groups is 1. The van der Waals surface area contributed by atoms with Crippen LogP contribution in [0.4, 0.5) is 0 Å². The van der Waals surface area contributed by atoms with E-state index in [1.165, 1.54) is 11.3 Å². The van der Waals surface area contributed by atoms with E-state index in [4.69, 9.17) is 4.74 Å². The van der Waals surface area contributed by atoms with Crippen molar-refractivity contribution in [1.29, 1.82) is 0 Å². The number of aromatic nitrogens is 3. The van der Waals surface area contributed by atoms with E-state index >= 15 is 0 Å². The highest BCUT2D eigenvalue weighted by Gasteiger charge is 2.28. The molecule has 3 rings (SSSR count). The summed E-state index contributed by atoms with van der Waals surface area (Å²) in [5.74, 6) is 0.572. The number of rotatable bonds is 2. The number of thiazole rings is 1. The van der Waals surface area contributed by atoms with Gasteiger partial charge in [0.05, 0.1) is 24.9 Å². The third kappa shape index (κ3) is 2.79. The number of hydrogen-bond acceptors (Lipinski definition) is 6. The summed E-state index contributed by atoms with van der Waals surface area (Å²) in [5.41, 5.74) is 0.728. The fourth-order valence-electron chi connectivity index (χ4n) is 2.26. The second kappa shape index (κ2) is 5.87. The Balaban J connectivity index is 1.89. The molecule has 0 aromatic carbocycles. The van der Waals surface area contributed by atoms with Crippen molar-refractivity contribution in [2.75, 3.05) is 19.8 Å². The van der Waals surface area contributed by atoms with E-state index in [-0.39, 0.29) is 11.9 Å². The van der Waals surface area contributed by atoms with E-state index in [0.717, 1.165) is 5.69 Å². The average molecular weight is 304 g/mol. The van der Waals surface area contributed by atoms with Crippen molar-refractivity contribution in [2.24, 2.45) is 0 Å². The molecule has 0 radical (unpaired) electrons. The Morgan fingerprint density at radius 3 is 2.90 bits per heavy atom. The van der Waals surface area contributed by atoms with E-state index in [1.54, 1.807) is 18.5 Å². The van der Waals surface area contributed by atoms with Gasteiger partial charge < -0.3 is 9.64 Å². The lowest BCUT2D eigenvalue weighted by atomic mass is 10.2. The minimum Gasteiger partial charge on any atom is -0.377 e. The van der Waals surface area contributed by atoms with Gasteiger partial charge in [-0.3, -0.25) is 4.79 Å². The second-order valence-electron chi connectivity index (χ2n) is 4.93. The van der Waals surface area contributed by atoms with Gasteiger partial charge in [0, 0.05) is 18.9 Å². The summed E-state index contributed by atoms with van der Waals surface area (Å²) < 4.78 is 5.38. The largest absolute Gasteiger partial charge is 0.377 e. The predicted octanol–water partition coefficient (Wildman–Crippen LogP) is 1.77. The van der Waals surface area contributed by atoms with Crippen molar-refractivity contribution in [2.45, 2.75) is 19.9 Å².